The smallest absolute Gasteiger partial charge is 0.268 e. The van der Waals surface area contributed by atoms with E-state index in [1.807, 2.05) is 0 Å². The van der Waals surface area contributed by atoms with Gasteiger partial charge in [-0.15, -0.1) is 0 Å². The first-order valence-electron chi connectivity index (χ1n) is 5.89. The van der Waals surface area contributed by atoms with E-state index in [9.17, 15) is 13.2 Å². The van der Waals surface area contributed by atoms with Crippen molar-refractivity contribution in [2.24, 2.45) is 5.14 Å². The Morgan fingerprint density at radius 3 is 2.55 bits per heavy atom. The molecule has 0 saturated heterocycles. The number of methoxy groups -OCH3 is 2. The van der Waals surface area contributed by atoms with Gasteiger partial charge in [-0.2, -0.15) is 0 Å². The van der Waals surface area contributed by atoms with E-state index in [1.165, 1.54) is 31.0 Å². The number of sulfonamides is 1. The van der Waals surface area contributed by atoms with Crippen LogP contribution >= 0.6 is 0 Å². The van der Waals surface area contributed by atoms with Gasteiger partial charge in [0, 0.05) is 33.5 Å². The topological polar surface area (TPSA) is 113 Å². The lowest BCUT2D eigenvalue weighted by molar-refractivity contribution is 0.0925. The van der Waals surface area contributed by atoms with Crippen molar-refractivity contribution in [3.63, 3.8) is 0 Å². The molecule has 0 aliphatic rings. The summed E-state index contributed by atoms with van der Waals surface area (Å²) in [4.78, 5) is 11.9. The minimum Gasteiger partial charge on any atom is -0.383 e. The van der Waals surface area contributed by atoms with E-state index in [-0.39, 0.29) is 10.6 Å². The van der Waals surface area contributed by atoms with E-state index >= 15 is 0 Å². The van der Waals surface area contributed by atoms with Crippen LogP contribution in [0, 0.1) is 0 Å². The van der Waals surface area contributed by atoms with Gasteiger partial charge in [0.2, 0.25) is 10.0 Å². The molecule has 1 aromatic rings. The van der Waals surface area contributed by atoms with Gasteiger partial charge in [-0.05, 0) is 6.07 Å². The first-order chi connectivity index (χ1) is 9.40. The summed E-state index contributed by atoms with van der Waals surface area (Å²) < 4.78 is 33.9. The predicted octanol–water partition coefficient (Wildman–Crippen LogP) is -0.842. The summed E-state index contributed by atoms with van der Waals surface area (Å²) in [5, 5.41) is 7.69. The van der Waals surface area contributed by atoms with Gasteiger partial charge in [-0.3, -0.25) is 4.79 Å². The van der Waals surface area contributed by atoms with Crippen LogP contribution in [-0.2, 0) is 26.0 Å². The zero-order chi connectivity index (χ0) is 15.2. The lowest BCUT2D eigenvalue weighted by atomic mass is 10.4. The number of ether oxygens (including phenoxy) is 2. The molecular weight excluding hydrogens is 286 g/mol. The van der Waals surface area contributed by atoms with Crippen molar-refractivity contribution in [1.29, 1.82) is 0 Å². The largest absolute Gasteiger partial charge is 0.383 e. The van der Waals surface area contributed by atoms with Crippen molar-refractivity contribution < 1.29 is 22.7 Å². The number of hydrogen-bond donors (Lipinski definition) is 2. The minimum atomic E-state index is -3.85. The maximum Gasteiger partial charge on any atom is 0.268 e. The normalized spacial score (nSPS) is 11.6. The van der Waals surface area contributed by atoms with Gasteiger partial charge in [0.15, 0.2) is 0 Å². The number of aromatic nitrogens is 1. The third-order valence-electron chi connectivity index (χ3n) is 2.56. The number of nitrogens with zero attached hydrogens (tertiary/aromatic N) is 1. The average molecular weight is 305 g/mol. The number of rotatable bonds is 8. The maximum atomic E-state index is 12.0. The predicted molar refractivity (Wildman–Crippen MR) is 71.9 cm³/mol. The highest BCUT2D eigenvalue weighted by Gasteiger charge is 2.18. The number of hydrogen-bond acceptors (Lipinski definition) is 5. The van der Waals surface area contributed by atoms with Crippen molar-refractivity contribution in [1.82, 2.24) is 9.88 Å². The monoisotopic (exact) mass is 305 g/mol. The number of nitrogens with two attached hydrogens (primary N) is 1. The molecule has 20 heavy (non-hydrogen) atoms. The molecule has 1 rings (SSSR count). The molecule has 0 radical (unpaired) electrons. The molecule has 0 bridgehead atoms. The highest BCUT2D eigenvalue weighted by atomic mass is 32.2. The second-order valence-corrected chi connectivity index (χ2v) is 5.60. The Kier molecular flexibility index (Phi) is 6.14. The van der Waals surface area contributed by atoms with Gasteiger partial charge in [0.25, 0.3) is 5.91 Å². The van der Waals surface area contributed by atoms with Crippen LogP contribution in [0.1, 0.15) is 10.5 Å². The van der Waals surface area contributed by atoms with E-state index in [4.69, 9.17) is 14.6 Å². The summed E-state index contributed by atoms with van der Waals surface area (Å²) in [5.41, 5.74) is 0.210. The number of primary sulfonamides is 1. The molecule has 1 amide bonds. The molecule has 114 valence electrons. The molecule has 1 aromatic heterocycles. The fourth-order valence-corrected chi connectivity index (χ4v) is 2.11. The van der Waals surface area contributed by atoms with E-state index in [0.29, 0.717) is 26.3 Å². The Balaban J connectivity index is 2.96. The van der Waals surface area contributed by atoms with Crippen LogP contribution < -0.4 is 10.5 Å². The second kappa shape index (κ2) is 7.39. The molecule has 0 atom stereocenters. The van der Waals surface area contributed by atoms with Crippen molar-refractivity contribution in [3.05, 3.63) is 18.0 Å². The van der Waals surface area contributed by atoms with Gasteiger partial charge >= 0.3 is 0 Å². The summed E-state index contributed by atoms with van der Waals surface area (Å²) in [5.74, 6) is -0.395. The van der Waals surface area contributed by atoms with Crippen LogP contribution in [0.2, 0.25) is 0 Å². The first-order valence-corrected chi connectivity index (χ1v) is 7.44. The zero-order valence-corrected chi connectivity index (χ0v) is 12.3. The molecule has 0 fully saturated rings. The minimum absolute atomic E-state index is 0.106. The van der Waals surface area contributed by atoms with E-state index < -0.39 is 15.9 Å². The van der Waals surface area contributed by atoms with E-state index in [0.717, 1.165) is 0 Å². The average Bonchev–Trinajstić information content (AvgIpc) is 2.80. The standard InChI is InChI=1S/C11H19N3O5S/c1-18-5-3-13-11(15)10-7-9(20(12,16)17)8-14(10)4-6-19-2/h7-8H,3-6H2,1-2H3,(H,13,15)(H2,12,16,17). The van der Waals surface area contributed by atoms with Gasteiger partial charge in [0.1, 0.15) is 10.6 Å². The number of amides is 1. The first kappa shape index (κ1) is 16.6. The molecule has 1 heterocycles. The van der Waals surface area contributed by atoms with Gasteiger partial charge in [-0.25, -0.2) is 13.6 Å². The SMILES string of the molecule is COCCNC(=O)c1cc(S(N)(=O)=O)cn1CCOC. The second-order valence-electron chi connectivity index (χ2n) is 4.04. The van der Waals surface area contributed by atoms with Crippen LogP contribution in [0.3, 0.4) is 0 Å². The third kappa shape index (κ3) is 4.60. The number of nitrogens with one attached hydrogen (secondary N) is 1. The van der Waals surface area contributed by atoms with E-state index in [2.05, 4.69) is 5.32 Å². The highest BCUT2D eigenvalue weighted by Crippen LogP contribution is 2.13. The molecule has 3 N–H and O–H groups in total. The summed E-state index contributed by atoms with van der Waals surface area (Å²) in [7, 11) is -0.818. The summed E-state index contributed by atoms with van der Waals surface area (Å²) in [6.45, 7) is 1.39. The number of carbonyl (C=O) groups is 1. The fourth-order valence-electron chi connectivity index (χ4n) is 1.56. The van der Waals surface area contributed by atoms with Gasteiger partial charge in [-0.1, -0.05) is 0 Å². The Bertz CT molecular complexity index is 552. The van der Waals surface area contributed by atoms with Crippen LogP contribution in [0.4, 0.5) is 0 Å². The van der Waals surface area contributed by atoms with Crippen LogP contribution in [-0.4, -0.2) is 52.9 Å². The number of carbonyl (C=O) groups excluding carboxylic acids is 1. The zero-order valence-electron chi connectivity index (χ0n) is 11.5. The quantitative estimate of drug-likeness (QED) is 0.608. The molecule has 0 spiro atoms. The summed E-state index contributed by atoms with van der Waals surface area (Å²) in [6, 6.07) is 1.24. The molecule has 0 aromatic carbocycles. The van der Waals surface area contributed by atoms with Gasteiger partial charge < -0.3 is 19.4 Å². The van der Waals surface area contributed by atoms with Crippen LogP contribution in [0.15, 0.2) is 17.2 Å². The Morgan fingerprint density at radius 2 is 2.00 bits per heavy atom. The molecule has 9 heteroatoms. The van der Waals surface area contributed by atoms with Crippen LogP contribution in [0.25, 0.3) is 0 Å². The molecule has 0 unspecified atom stereocenters. The Hall–Kier alpha value is -1.42. The lowest BCUT2D eigenvalue weighted by Crippen LogP contribution is -2.29. The maximum absolute atomic E-state index is 12.0. The van der Waals surface area contributed by atoms with Crippen molar-refractivity contribution in [3.8, 4) is 0 Å². The van der Waals surface area contributed by atoms with Crippen molar-refractivity contribution in [2.45, 2.75) is 11.4 Å². The van der Waals surface area contributed by atoms with Crippen LogP contribution in [0.5, 0.6) is 0 Å². The Morgan fingerprint density at radius 1 is 1.35 bits per heavy atom. The lowest BCUT2D eigenvalue weighted by Gasteiger charge is -2.08. The van der Waals surface area contributed by atoms with Crippen molar-refractivity contribution in [2.75, 3.05) is 34.0 Å². The fraction of sp³-hybridized carbons (Fsp3) is 0.545. The third-order valence-corrected chi connectivity index (χ3v) is 3.44. The van der Waals surface area contributed by atoms with Gasteiger partial charge in [0.05, 0.1) is 13.2 Å². The summed E-state index contributed by atoms with van der Waals surface area (Å²) >= 11 is 0. The Labute approximate surface area is 117 Å². The van der Waals surface area contributed by atoms with Crippen molar-refractivity contribution >= 4 is 15.9 Å². The molecular formula is C11H19N3O5S. The molecule has 8 nitrogen and oxygen atoms in total. The highest BCUT2D eigenvalue weighted by molar-refractivity contribution is 7.89. The van der Waals surface area contributed by atoms with E-state index in [1.54, 1.807) is 0 Å². The molecule has 0 aliphatic heterocycles. The summed E-state index contributed by atoms with van der Waals surface area (Å²) in [6.07, 6.45) is 1.32. The molecule has 0 aliphatic carbocycles. The molecule has 0 saturated carbocycles.